The minimum Gasteiger partial charge on any atom is -0.386 e. The van der Waals surface area contributed by atoms with Crippen LogP contribution >= 0.6 is 21.6 Å². The van der Waals surface area contributed by atoms with E-state index >= 15 is 0 Å². The largest absolute Gasteiger partial charge is 0.386 e. The average molecular weight is 838 g/mol. The lowest BCUT2D eigenvalue weighted by molar-refractivity contribution is -0.113. The molecule has 0 fully saturated rings. The van der Waals surface area contributed by atoms with Gasteiger partial charge in [-0.25, -0.2) is 0 Å². The Kier molecular flexibility index (Phi) is 43.8. The number of carbonyl (C=O) groups excluding carboxylic acids is 2. The highest BCUT2D eigenvalue weighted by Crippen LogP contribution is 2.25. The topological polar surface area (TPSA) is 70.7 Å². The Hall–Kier alpha value is -0.960. The van der Waals surface area contributed by atoms with Gasteiger partial charge in [0.1, 0.15) is 12.0 Å². The number of unbranched alkanes of at least 4 members (excludes halogenated alkanes) is 23. The number of nitrogens with one attached hydrogen (secondary N) is 2. The van der Waals surface area contributed by atoms with E-state index in [0.29, 0.717) is 23.8 Å². The van der Waals surface area contributed by atoms with Gasteiger partial charge in [0.2, 0.25) is 5.78 Å². The summed E-state index contributed by atoms with van der Waals surface area (Å²) in [4.78, 5) is 25.1. The van der Waals surface area contributed by atoms with E-state index in [9.17, 15) is 9.59 Å². The zero-order valence-corrected chi connectivity index (χ0v) is 40.1. The maximum absolute atomic E-state index is 12.0. The highest BCUT2D eigenvalue weighted by Gasteiger charge is 2.30. The van der Waals surface area contributed by atoms with Crippen molar-refractivity contribution in [2.45, 2.75) is 226 Å². The third kappa shape index (κ3) is 34.5. The molecule has 336 valence electrons. The Morgan fingerprint density at radius 1 is 0.596 bits per heavy atom. The number of hydrogen-bond donors (Lipinski definition) is 2. The minimum absolute atomic E-state index is 0.0418. The van der Waals surface area contributed by atoms with E-state index in [1.165, 1.54) is 198 Å². The average Bonchev–Trinajstić information content (AvgIpc) is 3.22. The van der Waals surface area contributed by atoms with E-state index in [1.54, 1.807) is 0 Å². The Balaban J connectivity index is 0.00000139. The second-order valence-electron chi connectivity index (χ2n) is 16.4. The van der Waals surface area contributed by atoms with E-state index in [4.69, 9.17) is 4.74 Å². The second kappa shape index (κ2) is 44.6. The molecular weight excluding hydrogens is 743 g/mol. The molecule has 2 N–H and O–H groups in total. The SMILES string of the molecule is C=C1C(=O)C(NCCCN(CCCCCCCC=O)CCCCCCCSSCCCCCCC)=C1NC.CCCCCCCCC(CCCCCCCC)OC. The number of nitrogens with zero attached hydrogens (tertiary/aromatic N) is 1. The van der Waals surface area contributed by atoms with Gasteiger partial charge >= 0.3 is 0 Å². The van der Waals surface area contributed by atoms with Crippen LogP contribution in [-0.2, 0) is 14.3 Å². The number of ketones is 1. The normalized spacial score (nSPS) is 12.7. The number of ether oxygens (including phenoxy) is 1. The molecule has 0 radical (unpaired) electrons. The second-order valence-corrected chi connectivity index (χ2v) is 19.2. The molecule has 0 atom stereocenters. The monoisotopic (exact) mass is 838 g/mol. The summed E-state index contributed by atoms with van der Waals surface area (Å²) in [7, 11) is 7.88. The summed E-state index contributed by atoms with van der Waals surface area (Å²) < 4.78 is 5.61. The first-order valence-corrected chi connectivity index (χ1v) is 26.8. The van der Waals surface area contributed by atoms with Gasteiger partial charge in [0.05, 0.1) is 11.8 Å². The number of Topliss-reactive ketones (excluding diaryl/α,β-unsaturated/α-hetero) is 1. The summed E-state index contributed by atoms with van der Waals surface area (Å²) in [6.45, 7) is 14.9. The van der Waals surface area contributed by atoms with Crippen LogP contribution in [0.25, 0.3) is 0 Å². The van der Waals surface area contributed by atoms with Gasteiger partial charge in [0.25, 0.3) is 0 Å². The molecule has 0 aromatic rings. The Bertz CT molecular complexity index is 931. The third-order valence-corrected chi connectivity index (χ3v) is 13.8. The zero-order chi connectivity index (χ0) is 41.9. The van der Waals surface area contributed by atoms with Crippen LogP contribution in [0.3, 0.4) is 0 Å². The van der Waals surface area contributed by atoms with Crippen LogP contribution in [0.5, 0.6) is 0 Å². The van der Waals surface area contributed by atoms with E-state index in [0.717, 1.165) is 44.5 Å². The van der Waals surface area contributed by atoms with Gasteiger partial charge in [-0.1, -0.05) is 190 Å². The van der Waals surface area contributed by atoms with Gasteiger partial charge in [-0.15, -0.1) is 0 Å². The predicted octanol–water partition coefficient (Wildman–Crippen LogP) is 14.2. The first-order valence-electron chi connectivity index (χ1n) is 24.3. The molecule has 0 aromatic carbocycles. The molecule has 0 heterocycles. The fraction of sp³-hybridized carbons (Fsp3) is 0.878. The van der Waals surface area contributed by atoms with Crippen LogP contribution < -0.4 is 10.6 Å². The molecule has 8 heteroatoms. The van der Waals surface area contributed by atoms with Gasteiger partial charge in [0, 0.05) is 44.2 Å². The van der Waals surface area contributed by atoms with Crippen molar-refractivity contribution in [1.29, 1.82) is 0 Å². The highest BCUT2D eigenvalue weighted by atomic mass is 33.1. The molecule has 0 bridgehead atoms. The van der Waals surface area contributed by atoms with Crippen molar-refractivity contribution in [3.8, 4) is 0 Å². The lowest BCUT2D eigenvalue weighted by atomic mass is 9.93. The molecule has 1 rings (SSSR count). The fourth-order valence-electron chi connectivity index (χ4n) is 7.45. The Morgan fingerprint density at radius 3 is 1.47 bits per heavy atom. The first kappa shape index (κ1) is 56.0. The summed E-state index contributed by atoms with van der Waals surface area (Å²) in [5.74, 6) is 2.66. The van der Waals surface area contributed by atoms with Crippen LogP contribution in [0.15, 0.2) is 23.5 Å². The van der Waals surface area contributed by atoms with E-state index in [1.807, 2.05) is 14.2 Å². The van der Waals surface area contributed by atoms with Crippen LogP contribution in [-0.4, -0.2) is 74.9 Å². The predicted molar refractivity (Wildman–Crippen MR) is 257 cm³/mol. The van der Waals surface area contributed by atoms with Crippen LogP contribution in [0, 0.1) is 0 Å². The lowest BCUT2D eigenvalue weighted by Gasteiger charge is -2.26. The summed E-state index contributed by atoms with van der Waals surface area (Å²) in [6, 6.07) is 0. The van der Waals surface area contributed by atoms with E-state index < -0.39 is 0 Å². The van der Waals surface area contributed by atoms with Gasteiger partial charge in [0.15, 0.2) is 0 Å². The number of carbonyl (C=O) groups is 2. The summed E-state index contributed by atoms with van der Waals surface area (Å²) in [5.41, 5.74) is 2.14. The van der Waals surface area contributed by atoms with Crippen molar-refractivity contribution in [2.24, 2.45) is 0 Å². The molecule has 1 aliphatic carbocycles. The number of aldehydes is 1. The molecule has 1 aliphatic rings. The van der Waals surface area contributed by atoms with Crippen molar-refractivity contribution in [2.75, 3.05) is 51.8 Å². The Labute approximate surface area is 363 Å². The highest BCUT2D eigenvalue weighted by molar-refractivity contribution is 8.76. The van der Waals surface area contributed by atoms with Crippen molar-refractivity contribution in [1.82, 2.24) is 15.5 Å². The van der Waals surface area contributed by atoms with Gasteiger partial charge in [-0.05, 0) is 71.0 Å². The molecule has 0 amide bonds. The quantitative estimate of drug-likeness (QED) is 0.0272. The standard InChI is InChI=1S/C31H57N3O2S2.C18H38O/c1-4-5-6-13-18-26-37-38-27-19-14-9-11-16-23-34(22-15-10-7-8-12-17-25-35)24-20-21-33-30-29(32-3)28(2)31(30)36;1-4-6-8-10-12-14-16-18(19-3)17-15-13-11-9-7-5-2/h25,32-33H,2,4-24,26-27H2,1,3H3;18H,4-17H2,1-3H3. The summed E-state index contributed by atoms with van der Waals surface area (Å²) in [5, 5.41) is 6.39. The molecule has 0 saturated carbocycles. The van der Waals surface area contributed by atoms with Crippen molar-refractivity contribution >= 4 is 33.7 Å². The number of methoxy groups -OCH3 is 1. The maximum atomic E-state index is 12.0. The molecule has 57 heavy (non-hydrogen) atoms. The first-order chi connectivity index (χ1) is 28.0. The van der Waals surface area contributed by atoms with E-state index in [2.05, 4.69) is 64.5 Å². The summed E-state index contributed by atoms with van der Waals surface area (Å²) in [6.07, 6.45) is 42.0. The van der Waals surface area contributed by atoms with Crippen molar-refractivity contribution in [3.63, 3.8) is 0 Å². The van der Waals surface area contributed by atoms with Crippen molar-refractivity contribution < 1.29 is 14.3 Å². The molecule has 6 nitrogen and oxygen atoms in total. The smallest absolute Gasteiger partial charge is 0.212 e. The number of likely N-dealkylation sites (N-methyl/N-ethyl adjacent to an activating group) is 1. The molecule has 0 aromatic heterocycles. The zero-order valence-electron chi connectivity index (χ0n) is 38.5. The van der Waals surface area contributed by atoms with Gasteiger partial charge < -0.3 is 25.1 Å². The molecular formula is C49H95N3O3S2. The maximum Gasteiger partial charge on any atom is 0.212 e. The van der Waals surface area contributed by atoms with Crippen LogP contribution in [0.4, 0.5) is 0 Å². The number of hydrogen-bond acceptors (Lipinski definition) is 8. The molecule has 0 saturated heterocycles. The number of rotatable bonds is 44. The third-order valence-electron chi connectivity index (χ3n) is 11.3. The molecule has 0 aliphatic heterocycles. The van der Waals surface area contributed by atoms with Crippen LogP contribution in [0.2, 0.25) is 0 Å². The van der Waals surface area contributed by atoms with E-state index in [-0.39, 0.29) is 5.78 Å². The lowest BCUT2D eigenvalue weighted by Crippen LogP contribution is -2.38. The molecule has 0 spiro atoms. The number of allylic oxidation sites excluding steroid dienone is 2. The fourth-order valence-corrected chi connectivity index (χ4v) is 9.74. The van der Waals surface area contributed by atoms with Gasteiger partial charge in [-0.3, -0.25) is 4.79 Å². The molecule has 0 unspecified atom stereocenters. The summed E-state index contributed by atoms with van der Waals surface area (Å²) >= 11 is 0. The van der Waals surface area contributed by atoms with Crippen LogP contribution in [0.1, 0.15) is 220 Å². The van der Waals surface area contributed by atoms with Crippen molar-refractivity contribution in [3.05, 3.63) is 23.5 Å². The minimum atomic E-state index is 0.0418. The van der Waals surface area contributed by atoms with Gasteiger partial charge in [-0.2, -0.15) is 0 Å². The Morgan fingerprint density at radius 2 is 1.02 bits per heavy atom.